The van der Waals surface area contributed by atoms with Gasteiger partial charge in [-0.25, -0.2) is 9.59 Å². The SMILES string of the molecule is CCC(C)C(C(CC(=O)N1CCCC1C(OC)C(C)C(=O)NC(C)C)OC)N(C)C(=O)CNC(=O)C(C(C)C)N(C)CCc1ccc(NC(=O)C(CCCNC(N)=O)NC(=O)CNC(=O)OC(C)(C)C)cc1. The molecule has 0 bridgehead atoms. The zero-order valence-electron chi connectivity index (χ0n) is 45.5. The van der Waals surface area contributed by atoms with E-state index in [4.69, 9.17) is 19.9 Å². The maximum Gasteiger partial charge on any atom is 0.408 e. The third kappa shape index (κ3) is 20.9. The average Bonchev–Trinajstić information content (AvgIpc) is 3.79. The molecular weight excluding hydrogens is 929 g/mol. The molecule has 8 N–H and O–H groups in total. The second-order valence-corrected chi connectivity index (χ2v) is 20.5. The lowest BCUT2D eigenvalue weighted by molar-refractivity contribution is -0.146. The number of benzene rings is 1. The summed E-state index contributed by atoms with van der Waals surface area (Å²) in [5.74, 6) is -2.66. The van der Waals surface area contributed by atoms with Gasteiger partial charge in [-0.1, -0.05) is 53.2 Å². The molecule has 21 heteroatoms. The van der Waals surface area contributed by atoms with Gasteiger partial charge in [0.1, 0.15) is 18.2 Å². The summed E-state index contributed by atoms with van der Waals surface area (Å²) < 4.78 is 17.0. The summed E-state index contributed by atoms with van der Waals surface area (Å²) in [5.41, 5.74) is 5.81. The lowest BCUT2D eigenvalue weighted by Gasteiger charge is -2.39. The molecule has 1 saturated heterocycles. The van der Waals surface area contributed by atoms with E-state index in [1.807, 2.05) is 72.5 Å². The van der Waals surface area contributed by atoms with Crippen molar-refractivity contribution < 1.29 is 52.6 Å². The summed E-state index contributed by atoms with van der Waals surface area (Å²) in [4.78, 5) is 109. The number of nitrogens with zero attached hydrogens (tertiary/aromatic N) is 3. The molecule has 1 aliphatic rings. The number of carbonyl (C=O) groups is 8. The Hall–Kier alpha value is -5.54. The number of likely N-dealkylation sites (tertiary alicyclic amines) is 1. The minimum absolute atomic E-state index is 0.0174. The standard InChI is InChI=1S/C51H88N10O11/c1-15-33(6)44(39(70-13)28-41(63)61-26-17-19-38(61)45(71-14)34(7)46(65)56-32(4)5)60(12)42(64)30-54-48(67)43(31(2)3)59(11)27-24-35-20-22-36(23-21-35)57-47(66)37(18-16-25-53-49(52)68)58-40(62)29-55-50(69)72-51(8,9)10/h20-23,31-34,37-39,43-45H,15-19,24-30H2,1-14H3,(H,54,67)(H,55,69)(H,56,65)(H,57,66)(H,58,62)(H3,52,53,68). The van der Waals surface area contributed by atoms with Crippen molar-refractivity contribution in [1.29, 1.82) is 0 Å². The fraction of sp³-hybridized carbons (Fsp3) is 0.725. The summed E-state index contributed by atoms with van der Waals surface area (Å²) >= 11 is 0. The Kier molecular flexibility index (Phi) is 26.5. The molecule has 0 aliphatic carbocycles. The Morgan fingerprint density at radius 1 is 0.847 bits per heavy atom. The van der Waals surface area contributed by atoms with Gasteiger partial charge >= 0.3 is 12.1 Å². The maximum absolute atomic E-state index is 14.1. The van der Waals surface area contributed by atoms with Crippen LogP contribution in [-0.4, -0.2) is 171 Å². The molecule has 8 atom stereocenters. The highest BCUT2D eigenvalue weighted by Gasteiger charge is 2.42. The Bertz CT molecular complexity index is 1930. The van der Waals surface area contributed by atoms with Crippen molar-refractivity contribution in [3.63, 3.8) is 0 Å². The second kappa shape index (κ2) is 30.5. The quantitative estimate of drug-likeness (QED) is 0.0571. The Morgan fingerprint density at radius 3 is 2.06 bits per heavy atom. The fourth-order valence-electron chi connectivity index (χ4n) is 9.07. The van der Waals surface area contributed by atoms with Crippen LogP contribution in [0.3, 0.4) is 0 Å². The molecule has 1 fully saturated rings. The third-order valence-corrected chi connectivity index (χ3v) is 12.9. The highest BCUT2D eigenvalue weighted by molar-refractivity contribution is 5.97. The molecule has 0 radical (unpaired) electrons. The summed E-state index contributed by atoms with van der Waals surface area (Å²) in [6.07, 6.45) is 1.32. The van der Waals surface area contributed by atoms with E-state index in [2.05, 4.69) is 31.9 Å². The van der Waals surface area contributed by atoms with Crippen molar-refractivity contribution in [3.8, 4) is 0 Å². The van der Waals surface area contributed by atoms with Gasteiger partial charge < -0.3 is 61.6 Å². The van der Waals surface area contributed by atoms with Crippen molar-refractivity contribution in [1.82, 2.24) is 41.3 Å². The Labute approximate surface area is 427 Å². The summed E-state index contributed by atoms with van der Waals surface area (Å²) in [7, 11) is 6.63. The number of nitrogens with two attached hydrogens (primary N) is 1. The van der Waals surface area contributed by atoms with E-state index in [9.17, 15) is 38.4 Å². The van der Waals surface area contributed by atoms with Crippen molar-refractivity contribution in [2.45, 2.75) is 162 Å². The largest absolute Gasteiger partial charge is 0.444 e. The van der Waals surface area contributed by atoms with Crippen LogP contribution in [0.25, 0.3) is 0 Å². The Morgan fingerprint density at radius 2 is 1.50 bits per heavy atom. The van der Waals surface area contributed by atoms with Gasteiger partial charge in [-0.3, -0.25) is 33.7 Å². The van der Waals surface area contributed by atoms with E-state index in [0.717, 1.165) is 12.0 Å². The number of alkyl carbamates (subject to hydrolysis) is 1. The Balaban J connectivity index is 2.07. The summed E-state index contributed by atoms with van der Waals surface area (Å²) in [6, 6.07) is 4.07. The van der Waals surface area contributed by atoms with Gasteiger partial charge in [0.15, 0.2) is 0 Å². The van der Waals surface area contributed by atoms with Crippen LogP contribution in [0.1, 0.15) is 113 Å². The molecule has 8 unspecified atom stereocenters. The number of ether oxygens (including phenoxy) is 3. The first kappa shape index (κ1) is 62.6. The van der Waals surface area contributed by atoms with Crippen LogP contribution in [0.4, 0.5) is 15.3 Å². The van der Waals surface area contributed by atoms with Crippen molar-refractivity contribution in [3.05, 3.63) is 29.8 Å². The molecule has 9 amide bonds. The number of urea groups is 1. The molecule has 2 rings (SSSR count). The molecule has 1 heterocycles. The summed E-state index contributed by atoms with van der Waals surface area (Å²) in [5, 5.41) is 16.1. The maximum atomic E-state index is 14.1. The van der Waals surface area contributed by atoms with Crippen LogP contribution >= 0.6 is 0 Å². The van der Waals surface area contributed by atoms with Gasteiger partial charge in [0, 0.05) is 52.6 Å². The molecule has 0 spiro atoms. The molecule has 1 aromatic carbocycles. The first-order chi connectivity index (χ1) is 33.7. The number of nitrogens with one attached hydrogen (secondary N) is 6. The lowest BCUT2D eigenvalue weighted by Crippen LogP contribution is -2.55. The minimum atomic E-state index is -1.000. The van der Waals surface area contributed by atoms with E-state index in [0.29, 0.717) is 44.5 Å². The molecule has 72 heavy (non-hydrogen) atoms. The van der Waals surface area contributed by atoms with E-state index in [1.165, 1.54) is 7.11 Å². The highest BCUT2D eigenvalue weighted by Crippen LogP contribution is 2.29. The lowest BCUT2D eigenvalue weighted by atomic mass is 9.90. The van der Waals surface area contributed by atoms with Gasteiger partial charge in [0.25, 0.3) is 0 Å². The van der Waals surface area contributed by atoms with Gasteiger partial charge in [0.2, 0.25) is 35.4 Å². The first-order valence-corrected chi connectivity index (χ1v) is 25.3. The van der Waals surface area contributed by atoms with E-state index in [1.54, 1.807) is 56.9 Å². The molecule has 1 aliphatic heterocycles. The zero-order valence-corrected chi connectivity index (χ0v) is 45.5. The predicted molar refractivity (Wildman–Crippen MR) is 275 cm³/mol. The molecular formula is C51H88N10O11. The fourth-order valence-corrected chi connectivity index (χ4v) is 9.07. The molecule has 0 saturated carbocycles. The van der Waals surface area contributed by atoms with E-state index < -0.39 is 72.3 Å². The van der Waals surface area contributed by atoms with Gasteiger partial charge in [-0.05, 0) is 103 Å². The predicted octanol–water partition coefficient (Wildman–Crippen LogP) is 3.14. The number of amides is 9. The monoisotopic (exact) mass is 1020 g/mol. The van der Waals surface area contributed by atoms with Crippen LogP contribution in [0.2, 0.25) is 0 Å². The second-order valence-electron chi connectivity index (χ2n) is 20.5. The number of hydrogen-bond donors (Lipinski definition) is 7. The van der Waals surface area contributed by atoms with Gasteiger partial charge in [-0.15, -0.1) is 0 Å². The zero-order chi connectivity index (χ0) is 54.5. The van der Waals surface area contributed by atoms with Gasteiger partial charge in [0.05, 0.1) is 49.2 Å². The number of carbonyl (C=O) groups excluding carboxylic acids is 8. The van der Waals surface area contributed by atoms with Crippen LogP contribution in [0.5, 0.6) is 0 Å². The number of rotatable bonds is 29. The highest BCUT2D eigenvalue weighted by atomic mass is 16.6. The number of anilines is 1. The number of likely N-dealkylation sites (N-methyl/N-ethyl adjacent to an activating group) is 2. The third-order valence-electron chi connectivity index (χ3n) is 12.9. The van der Waals surface area contributed by atoms with Crippen molar-refractivity contribution >= 4 is 53.3 Å². The van der Waals surface area contributed by atoms with E-state index >= 15 is 0 Å². The van der Waals surface area contributed by atoms with E-state index in [-0.39, 0.29) is 73.5 Å². The normalized spacial score (nSPS) is 16.7. The number of primary amides is 1. The number of methoxy groups -OCH3 is 2. The minimum Gasteiger partial charge on any atom is -0.444 e. The topological polar surface area (TPSA) is 272 Å². The molecule has 1 aromatic rings. The van der Waals surface area contributed by atoms with Crippen LogP contribution < -0.4 is 37.6 Å². The number of hydrogen-bond acceptors (Lipinski definition) is 12. The molecule has 408 valence electrons. The van der Waals surface area contributed by atoms with Crippen molar-refractivity contribution in [2.75, 3.05) is 66.4 Å². The average molecular weight is 1020 g/mol. The first-order valence-electron chi connectivity index (χ1n) is 25.3. The molecule has 0 aromatic heterocycles. The van der Waals surface area contributed by atoms with Crippen LogP contribution in [-0.2, 0) is 49.4 Å². The van der Waals surface area contributed by atoms with Crippen LogP contribution in [0.15, 0.2) is 24.3 Å². The summed E-state index contributed by atoms with van der Waals surface area (Å²) in [6.45, 7) is 19.1. The molecule has 21 nitrogen and oxygen atoms in total. The van der Waals surface area contributed by atoms with Gasteiger partial charge in [-0.2, -0.15) is 0 Å². The van der Waals surface area contributed by atoms with Crippen molar-refractivity contribution in [2.24, 2.45) is 23.5 Å². The van der Waals surface area contributed by atoms with Crippen LogP contribution in [0, 0.1) is 17.8 Å². The smallest absolute Gasteiger partial charge is 0.408 e.